The number of aromatic carboxylic acids is 1. The highest BCUT2D eigenvalue weighted by Crippen LogP contribution is 2.17. The Morgan fingerprint density at radius 3 is 2.72 bits per heavy atom. The van der Waals surface area contributed by atoms with Crippen LogP contribution in [0.3, 0.4) is 0 Å². The van der Waals surface area contributed by atoms with E-state index in [1.807, 2.05) is 35.8 Å². The minimum absolute atomic E-state index is 0.00649. The maximum Gasteiger partial charge on any atom is 0.337 e. The van der Waals surface area contributed by atoms with Crippen molar-refractivity contribution in [1.29, 1.82) is 0 Å². The molecule has 0 fully saturated rings. The second-order valence-electron chi connectivity index (χ2n) is 3.80. The maximum atomic E-state index is 12.0. The number of hydrogen-bond donors (Lipinski definition) is 2. The molecule has 4 nitrogen and oxygen atoms in total. The second-order valence-corrected chi connectivity index (χ2v) is 5.87. The van der Waals surface area contributed by atoms with E-state index >= 15 is 0 Å². The summed E-state index contributed by atoms with van der Waals surface area (Å²) in [5.74, 6) is -0.631. The number of carboxylic acid groups (broad SMARTS) is 1. The van der Waals surface area contributed by atoms with Crippen LogP contribution in [0.2, 0.25) is 0 Å². The zero-order valence-electron chi connectivity index (χ0n) is 10.1. The summed E-state index contributed by atoms with van der Waals surface area (Å²) < 4.78 is 0.560. The first-order valence-electron chi connectivity index (χ1n) is 5.29. The molecule has 0 aromatic heterocycles. The van der Waals surface area contributed by atoms with E-state index in [9.17, 15) is 9.59 Å². The molecule has 98 valence electrons. The van der Waals surface area contributed by atoms with E-state index in [1.165, 1.54) is 6.07 Å². The van der Waals surface area contributed by atoms with Crippen molar-refractivity contribution in [1.82, 2.24) is 5.32 Å². The highest BCUT2D eigenvalue weighted by Gasteiger charge is 2.20. The third-order valence-corrected chi connectivity index (χ3v) is 4.00. The van der Waals surface area contributed by atoms with Crippen LogP contribution < -0.4 is 5.32 Å². The molecule has 1 amide bonds. The highest BCUT2D eigenvalue weighted by molar-refractivity contribution is 14.1. The van der Waals surface area contributed by atoms with Crippen LogP contribution in [-0.4, -0.2) is 35.0 Å². The van der Waals surface area contributed by atoms with Crippen molar-refractivity contribution in [2.24, 2.45) is 0 Å². The lowest BCUT2D eigenvalue weighted by atomic mass is 10.1. The number of carbonyl (C=O) groups is 2. The van der Waals surface area contributed by atoms with Gasteiger partial charge in [-0.15, -0.1) is 0 Å². The van der Waals surface area contributed by atoms with Gasteiger partial charge in [0.25, 0.3) is 5.91 Å². The number of hydrogen-bond acceptors (Lipinski definition) is 3. The Kier molecular flexibility index (Phi) is 5.94. The minimum Gasteiger partial charge on any atom is -0.478 e. The first-order chi connectivity index (χ1) is 8.47. The molecule has 0 radical (unpaired) electrons. The molecule has 1 atom stereocenters. The molecule has 0 aliphatic heterocycles. The molecule has 1 aromatic carbocycles. The first kappa shape index (κ1) is 15.3. The van der Waals surface area contributed by atoms with Crippen LogP contribution in [0.15, 0.2) is 18.2 Å². The Hall–Kier alpha value is -0.760. The molecule has 0 aliphatic carbocycles. The smallest absolute Gasteiger partial charge is 0.337 e. The second kappa shape index (κ2) is 6.98. The highest BCUT2D eigenvalue weighted by atomic mass is 127. The molecule has 1 rings (SSSR count). The van der Waals surface area contributed by atoms with Crippen molar-refractivity contribution in [2.75, 3.05) is 12.0 Å². The van der Waals surface area contributed by atoms with Crippen molar-refractivity contribution < 1.29 is 14.7 Å². The summed E-state index contributed by atoms with van der Waals surface area (Å²) in [5, 5.41) is 11.9. The summed E-state index contributed by atoms with van der Waals surface area (Å²) in [6, 6.07) is 4.90. The van der Waals surface area contributed by atoms with Gasteiger partial charge >= 0.3 is 5.97 Å². The molecular weight excluding hydrogens is 365 g/mol. The third-order valence-electron chi connectivity index (χ3n) is 2.27. The van der Waals surface area contributed by atoms with Crippen LogP contribution in [0.5, 0.6) is 0 Å². The molecule has 6 heteroatoms. The number of amides is 1. The van der Waals surface area contributed by atoms with Crippen molar-refractivity contribution in [3.05, 3.63) is 32.9 Å². The molecule has 2 N–H and O–H groups in total. The number of carbonyl (C=O) groups excluding carboxylic acids is 1. The quantitative estimate of drug-likeness (QED) is 0.772. The molecule has 0 saturated heterocycles. The lowest BCUT2D eigenvalue weighted by Gasteiger charge is -2.14. The molecule has 0 bridgehead atoms. The molecule has 18 heavy (non-hydrogen) atoms. The fourth-order valence-corrected chi connectivity index (χ4v) is 2.84. The summed E-state index contributed by atoms with van der Waals surface area (Å²) >= 11 is 3.55. The number of benzene rings is 1. The molecule has 0 spiro atoms. The number of nitrogens with one attached hydrogen (secondary N) is 1. The number of carboxylic acids is 1. The summed E-state index contributed by atoms with van der Waals surface area (Å²) in [6.07, 6.45) is 1.96. The molecule has 1 aromatic rings. The summed E-state index contributed by atoms with van der Waals surface area (Å²) in [7, 11) is 0. The van der Waals surface area contributed by atoms with E-state index < -0.39 is 5.97 Å². The van der Waals surface area contributed by atoms with Crippen LogP contribution >= 0.6 is 34.4 Å². The summed E-state index contributed by atoms with van der Waals surface area (Å²) in [4.78, 5) is 23.2. The predicted molar refractivity (Wildman–Crippen MR) is 81.4 cm³/mol. The number of rotatable bonds is 5. The van der Waals surface area contributed by atoms with Gasteiger partial charge in [-0.05, 0) is 47.9 Å². The van der Waals surface area contributed by atoms with Gasteiger partial charge in [-0.25, -0.2) is 4.79 Å². The van der Waals surface area contributed by atoms with Crippen molar-refractivity contribution in [3.8, 4) is 0 Å². The lowest BCUT2D eigenvalue weighted by Crippen LogP contribution is -2.35. The van der Waals surface area contributed by atoms with Gasteiger partial charge in [0.15, 0.2) is 0 Å². The van der Waals surface area contributed by atoms with Crippen LogP contribution in [0, 0.1) is 3.57 Å². The van der Waals surface area contributed by atoms with Crippen LogP contribution in [0.25, 0.3) is 0 Å². The molecule has 0 aliphatic rings. The Morgan fingerprint density at radius 1 is 1.50 bits per heavy atom. The summed E-state index contributed by atoms with van der Waals surface area (Å²) in [6.45, 7) is 1.89. The minimum atomic E-state index is -1.08. The third kappa shape index (κ3) is 3.88. The van der Waals surface area contributed by atoms with Crippen molar-refractivity contribution >= 4 is 46.2 Å². The van der Waals surface area contributed by atoms with Gasteiger partial charge in [0.1, 0.15) is 0 Å². The monoisotopic (exact) mass is 379 g/mol. The molecule has 0 saturated carbocycles. The largest absolute Gasteiger partial charge is 0.478 e. The standard InChI is InChI=1S/C12H14INO3S/c1-7(6-18-2)14-11(15)8-4-3-5-9(13)10(8)12(16)17/h3-5,7H,6H2,1-2H3,(H,14,15)(H,16,17). The van der Waals surface area contributed by atoms with E-state index in [1.54, 1.807) is 23.9 Å². The fourth-order valence-electron chi connectivity index (χ4n) is 1.52. The van der Waals surface area contributed by atoms with E-state index in [4.69, 9.17) is 5.11 Å². The van der Waals surface area contributed by atoms with Gasteiger partial charge in [-0.1, -0.05) is 6.07 Å². The van der Waals surface area contributed by atoms with Crippen molar-refractivity contribution in [3.63, 3.8) is 0 Å². The van der Waals surface area contributed by atoms with Gasteiger partial charge in [-0.3, -0.25) is 4.79 Å². The number of thioether (sulfide) groups is 1. The first-order valence-corrected chi connectivity index (χ1v) is 7.76. The van der Waals surface area contributed by atoms with Crippen molar-refractivity contribution in [2.45, 2.75) is 13.0 Å². The van der Waals surface area contributed by atoms with E-state index in [2.05, 4.69) is 5.32 Å². The summed E-state index contributed by atoms with van der Waals surface area (Å²) in [5.41, 5.74) is 0.273. The average Bonchev–Trinajstić information content (AvgIpc) is 2.28. The van der Waals surface area contributed by atoms with Gasteiger partial charge in [0, 0.05) is 15.4 Å². The molecule has 1 unspecified atom stereocenters. The fraction of sp³-hybridized carbons (Fsp3) is 0.333. The zero-order valence-corrected chi connectivity index (χ0v) is 13.0. The molecule has 0 heterocycles. The Bertz CT molecular complexity index is 465. The Labute approximate surface area is 124 Å². The van der Waals surface area contributed by atoms with E-state index in [-0.39, 0.29) is 23.1 Å². The Balaban J connectivity index is 2.99. The van der Waals surface area contributed by atoms with Gasteiger partial charge in [0.05, 0.1) is 11.1 Å². The zero-order chi connectivity index (χ0) is 13.7. The van der Waals surface area contributed by atoms with E-state index in [0.717, 1.165) is 5.75 Å². The molecular formula is C12H14INO3S. The lowest BCUT2D eigenvalue weighted by molar-refractivity contribution is 0.0689. The normalized spacial score (nSPS) is 11.9. The van der Waals surface area contributed by atoms with E-state index in [0.29, 0.717) is 3.57 Å². The average molecular weight is 379 g/mol. The number of halogens is 1. The van der Waals surface area contributed by atoms with Crippen LogP contribution in [-0.2, 0) is 0 Å². The predicted octanol–water partition coefficient (Wildman–Crippen LogP) is 2.47. The SMILES string of the molecule is CSCC(C)NC(=O)c1cccc(I)c1C(=O)O. The van der Waals surface area contributed by atoms with Gasteiger partial charge in [0.2, 0.25) is 0 Å². The Morgan fingerprint density at radius 2 is 2.17 bits per heavy atom. The maximum absolute atomic E-state index is 12.0. The van der Waals surface area contributed by atoms with Gasteiger partial charge < -0.3 is 10.4 Å². The van der Waals surface area contributed by atoms with Gasteiger partial charge in [-0.2, -0.15) is 11.8 Å². The topological polar surface area (TPSA) is 66.4 Å². The van der Waals surface area contributed by atoms with Crippen LogP contribution in [0.4, 0.5) is 0 Å². The van der Waals surface area contributed by atoms with Crippen LogP contribution in [0.1, 0.15) is 27.6 Å².